The molecule has 3 rings (SSSR count). The summed E-state index contributed by atoms with van der Waals surface area (Å²) in [6.45, 7) is 5.54. The first kappa shape index (κ1) is 17.8. The number of aryl methyl sites for hydroxylation is 2. The van der Waals surface area contributed by atoms with E-state index in [0.717, 1.165) is 5.56 Å². The summed E-state index contributed by atoms with van der Waals surface area (Å²) in [5, 5.41) is 6.93. The number of hydrogen-bond donors (Lipinski definition) is 1. The number of rotatable bonds is 5. The van der Waals surface area contributed by atoms with Crippen molar-refractivity contribution in [3.63, 3.8) is 0 Å². The van der Waals surface area contributed by atoms with E-state index in [0.29, 0.717) is 35.0 Å². The number of esters is 1. The highest BCUT2D eigenvalue weighted by Crippen LogP contribution is 2.32. The zero-order valence-corrected chi connectivity index (χ0v) is 15.2. The molecule has 0 aliphatic carbocycles. The topological polar surface area (TPSA) is 91.7 Å². The summed E-state index contributed by atoms with van der Waals surface area (Å²) in [6, 6.07) is 5.44. The van der Waals surface area contributed by atoms with Gasteiger partial charge in [0.25, 0.3) is 5.91 Å². The second kappa shape index (κ2) is 7.07. The SMILES string of the molecule is Cc1nn(C)c(C)c1C(=O)O[C@H](C)C(=O)NCc1ccc2c(c1)OCO2. The van der Waals surface area contributed by atoms with E-state index in [4.69, 9.17) is 14.2 Å². The van der Waals surface area contributed by atoms with Gasteiger partial charge in [0.2, 0.25) is 6.79 Å². The lowest BCUT2D eigenvalue weighted by molar-refractivity contribution is -0.129. The molecule has 1 aromatic heterocycles. The number of aromatic nitrogens is 2. The molecule has 2 heterocycles. The van der Waals surface area contributed by atoms with Gasteiger partial charge in [-0.2, -0.15) is 5.10 Å². The zero-order valence-electron chi connectivity index (χ0n) is 15.2. The zero-order chi connectivity index (χ0) is 18.8. The minimum absolute atomic E-state index is 0.200. The molecule has 0 saturated heterocycles. The van der Waals surface area contributed by atoms with Gasteiger partial charge in [-0.25, -0.2) is 4.79 Å². The van der Waals surface area contributed by atoms with Crippen LogP contribution in [0.4, 0.5) is 0 Å². The number of nitrogens with one attached hydrogen (secondary N) is 1. The van der Waals surface area contributed by atoms with Gasteiger partial charge in [-0.1, -0.05) is 6.07 Å². The van der Waals surface area contributed by atoms with E-state index in [-0.39, 0.29) is 12.7 Å². The van der Waals surface area contributed by atoms with E-state index in [2.05, 4.69) is 10.4 Å². The van der Waals surface area contributed by atoms with Crippen molar-refractivity contribution in [2.24, 2.45) is 7.05 Å². The molecule has 1 aliphatic rings. The van der Waals surface area contributed by atoms with Gasteiger partial charge in [0.1, 0.15) is 5.56 Å². The first-order valence-corrected chi connectivity index (χ1v) is 8.24. The Morgan fingerprint density at radius 3 is 2.73 bits per heavy atom. The first-order valence-electron chi connectivity index (χ1n) is 8.24. The minimum Gasteiger partial charge on any atom is -0.454 e. The summed E-state index contributed by atoms with van der Waals surface area (Å²) in [5.41, 5.74) is 2.52. The van der Waals surface area contributed by atoms with E-state index in [1.165, 1.54) is 6.92 Å². The van der Waals surface area contributed by atoms with Crippen molar-refractivity contribution in [3.8, 4) is 11.5 Å². The Hall–Kier alpha value is -3.03. The van der Waals surface area contributed by atoms with Crippen LogP contribution in [0.25, 0.3) is 0 Å². The number of fused-ring (bicyclic) bond motifs is 1. The molecule has 0 saturated carbocycles. The van der Waals surface area contributed by atoms with Crippen LogP contribution in [-0.4, -0.2) is 34.6 Å². The summed E-state index contributed by atoms with van der Waals surface area (Å²) in [5.74, 6) is 0.400. The normalized spacial score (nSPS) is 13.4. The van der Waals surface area contributed by atoms with Gasteiger partial charge in [0.05, 0.1) is 5.69 Å². The first-order chi connectivity index (χ1) is 12.4. The van der Waals surface area contributed by atoms with Crippen LogP contribution < -0.4 is 14.8 Å². The molecule has 0 bridgehead atoms. The van der Waals surface area contributed by atoms with Crippen LogP contribution in [0.3, 0.4) is 0 Å². The van der Waals surface area contributed by atoms with Gasteiger partial charge in [-0.15, -0.1) is 0 Å². The molecule has 8 nitrogen and oxygen atoms in total. The number of carbonyl (C=O) groups excluding carboxylic acids is 2. The second-order valence-corrected chi connectivity index (χ2v) is 6.12. The summed E-state index contributed by atoms with van der Waals surface area (Å²) in [4.78, 5) is 24.6. The average molecular weight is 359 g/mol. The molecule has 0 fully saturated rings. The largest absolute Gasteiger partial charge is 0.454 e. The van der Waals surface area contributed by atoms with Gasteiger partial charge >= 0.3 is 5.97 Å². The maximum atomic E-state index is 12.3. The molecule has 1 amide bonds. The van der Waals surface area contributed by atoms with Gasteiger partial charge in [0, 0.05) is 19.3 Å². The standard InChI is InChI=1S/C18H21N3O5/c1-10-16(11(2)21(4)20-10)18(23)26-12(3)17(22)19-8-13-5-6-14-15(7-13)25-9-24-14/h5-7,12H,8-9H2,1-4H3,(H,19,22)/t12-/m1/s1. The Morgan fingerprint density at radius 1 is 1.31 bits per heavy atom. The van der Waals surface area contributed by atoms with Crippen LogP contribution in [-0.2, 0) is 23.1 Å². The molecule has 138 valence electrons. The number of nitrogens with zero attached hydrogens (tertiary/aromatic N) is 2. The van der Waals surface area contributed by atoms with Crippen molar-refractivity contribution < 1.29 is 23.8 Å². The molecule has 0 radical (unpaired) electrons. The molecular weight excluding hydrogens is 338 g/mol. The Morgan fingerprint density at radius 2 is 2.04 bits per heavy atom. The molecule has 26 heavy (non-hydrogen) atoms. The van der Waals surface area contributed by atoms with Crippen molar-refractivity contribution >= 4 is 11.9 Å². The lowest BCUT2D eigenvalue weighted by Crippen LogP contribution is -2.35. The highest BCUT2D eigenvalue weighted by atomic mass is 16.7. The Kier molecular flexibility index (Phi) is 4.83. The maximum absolute atomic E-state index is 12.3. The highest BCUT2D eigenvalue weighted by Gasteiger charge is 2.24. The number of ether oxygens (including phenoxy) is 3. The average Bonchev–Trinajstić information content (AvgIpc) is 3.16. The van der Waals surface area contributed by atoms with Gasteiger partial charge in [-0.3, -0.25) is 9.48 Å². The van der Waals surface area contributed by atoms with Crippen LogP contribution in [0.5, 0.6) is 11.5 Å². The molecule has 1 atom stereocenters. The fraction of sp³-hybridized carbons (Fsp3) is 0.389. The third-order valence-corrected chi connectivity index (χ3v) is 4.27. The second-order valence-electron chi connectivity index (χ2n) is 6.12. The predicted octanol–water partition coefficient (Wildman–Crippen LogP) is 1.63. The van der Waals surface area contributed by atoms with Gasteiger partial charge in [-0.05, 0) is 38.5 Å². The minimum atomic E-state index is -0.921. The molecule has 8 heteroatoms. The number of hydrogen-bond acceptors (Lipinski definition) is 6. The lowest BCUT2D eigenvalue weighted by atomic mass is 10.2. The molecule has 1 aliphatic heterocycles. The summed E-state index contributed by atoms with van der Waals surface area (Å²) in [7, 11) is 1.75. The third-order valence-electron chi connectivity index (χ3n) is 4.27. The molecule has 0 spiro atoms. The fourth-order valence-corrected chi connectivity index (χ4v) is 2.73. The molecule has 1 N–H and O–H groups in total. The third kappa shape index (κ3) is 3.49. The van der Waals surface area contributed by atoms with E-state index in [1.807, 2.05) is 12.1 Å². The van der Waals surface area contributed by atoms with Crippen molar-refractivity contribution in [1.29, 1.82) is 0 Å². The molecule has 1 aromatic carbocycles. The smallest absolute Gasteiger partial charge is 0.342 e. The van der Waals surface area contributed by atoms with E-state index >= 15 is 0 Å². The van der Waals surface area contributed by atoms with Crippen LogP contribution >= 0.6 is 0 Å². The predicted molar refractivity (Wildman–Crippen MR) is 92.0 cm³/mol. The van der Waals surface area contributed by atoms with Gasteiger partial charge < -0.3 is 19.5 Å². The fourth-order valence-electron chi connectivity index (χ4n) is 2.73. The van der Waals surface area contributed by atoms with Crippen LogP contribution in [0.2, 0.25) is 0 Å². The maximum Gasteiger partial charge on any atom is 0.342 e. The number of benzene rings is 1. The quantitative estimate of drug-likeness (QED) is 0.816. The van der Waals surface area contributed by atoms with Crippen molar-refractivity contribution in [2.45, 2.75) is 33.4 Å². The van der Waals surface area contributed by atoms with Crippen LogP contribution in [0.1, 0.15) is 34.2 Å². The Labute approximate surface area is 151 Å². The molecular formula is C18H21N3O5. The molecule has 0 unspecified atom stereocenters. The monoisotopic (exact) mass is 359 g/mol. The lowest BCUT2D eigenvalue weighted by Gasteiger charge is -2.14. The van der Waals surface area contributed by atoms with Gasteiger partial charge in [0.15, 0.2) is 17.6 Å². The van der Waals surface area contributed by atoms with E-state index in [9.17, 15) is 9.59 Å². The van der Waals surface area contributed by atoms with E-state index in [1.54, 1.807) is 31.6 Å². The Balaban J connectivity index is 1.57. The van der Waals surface area contributed by atoms with E-state index < -0.39 is 12.1 Å². The van der Waals surface area contributed by atoms with Crippen molar-refractivity contribution in [1.82, 2.24) is 15.1 Å². The summed E-state index contributed by atoms with van der Waals surface area (Å²) >= 11 is 0. The highest BCUT2D eigenvalue weighted by molar-refractivity contribution is 5.94. The number of amides is 1. The molecule has 2 aromatic rings. The van der Waals surface area contributed by atoms with Crippen LogP contribution in [0.15, 0.2) is 18.2 Å². The summed E-state index contributed by atoms with van der Waals surface area (Å²) in [6.07, 6.45) is -0.921. The Bertz CT molecular complexity index is 859. The van der Waals surface area contributed by atoms with Crippen molar-refractivity contribution in [3.05, 3.63) is 40.7 Å². The van der Waals surface area contributed by atoms with Crippen molar-refractivity contribution in [2.75, 3.05) is 6.79 Å². The summed E-state index contributed by atoms with van der Waals surface area (Å²) < 4.78 is 17.5. The number of carbonyl (C=O) groups is 2. The van der Waals surface area contributed by atoms with Crippen LogP contribution in [0, 0.1) is 13.8 Å².